The Morgan fingerprint density at radius 3 is 2.46 bits per heavy atom. The number of hydrogen-bond acceptors (Lipinski definition) is 5. The lowest BCUT2D eigenvalue weighted by molar-refractivity contribution is 0.0625. The van der Waals surface area contributed by atoms with Crippen molar-refractivity contribution in [2.45, 2.75) is 42.9 Å². The van der Waals surface area contributed by atoms with Crippen LogP contribution in [0.3, 0.4) is 0 Å². The number of Topliss-reactive ketones (excluding diaryl/α,β-unsaturated/α-hetero) is 1. The molecule has 4 rings (SSSR count). The second kappa shape index (κ2) is 7.79. The van der Waals surface area contributed by atoms with Gasteiger partial charge in [-0.15, -0.1) is 0 Å². The van der Waals surface area contributed by atoms with E-state index >= 15 is 0 Å². The van der Waals surface area contributed by atoms with Crippen molar-refractivity contribution < 1.29 is 17.9 Å². The van der Waals surface area contributed by atoms with Crippen molar-refractivity contribution in [3.63, 3.8) is 0 Å². The van der Waals surface area contributed by atoms with Gasteiger partial charge in [-0.25, -0.2) is 13.4 Å². The average molecular weight is 403 g/mol. The quantitative estimate of drug-likeness (QED) is 0.718. The molecule has 1 aliphatic heterocycles. The van der Waals surface area contributed by atoms with Gasteiger partial charge in [0.15, 0.2) is 15.6 Å². The minimum Gasteiger partial charge on any atom is -0.381 e. The van der Waals surface area contributed by atoms with E-state index in [1.54, 1.807) is 18.3 Å². The number of carbonyl (C=O) groups is 1. The lowest BCUT2D eigenvalue weighted by atomic mass is 9.84. The van der Waals surface area contributed by atoms with Crippen molar-refractivity contribution in [1.82, 2.24) is 9.97 Å². The second-order valence-corrected chi connectivity index (χ2v) is 10.0. The first-order valence-electron chi connectivity index (χ1n) is 9.88. The number of carbonyl (C=O) groups excluding carboxylic acids is 1. The largest absolute Gasteiger partial charge is 0.381 e. The molecule has 1 saturated heterocycles. The average Bonchev–Trinajstić information content (AvgIpc) is 3.43. The van der Waals surface area contributed by atoms with Crippen LogP contribution in [-0.2, 0) is 14.6 Å². The molecule has 28 heavy (non-hydrogen) atoms. The summed E-state index contributed by atoms with van der Waals surface area (Å²) >= 11 is 0. The highest BCUT2D eigenvalue weighted by Gasteiger charge is 2.32. The molecule has 0 radical (unpaired) electrons. The van der Waals surface area contributed by atoms with Crippen LogP contribution in [-0.4, -0.2) is 43.6 Å². The summed E-state index contributed by atoms with van der Waals surface area (Å²) in [5.74, 6) is 1.59. The number of sulfone groups is 1. The van der Waals surface area contributed by atoms with Crippen LogP contribution in [0, 0.1) is 11.8 Å². The first-order valence-corrected chi connectivity index (χ1v) is 11.8. The van der Waals surface area contributed by atoms with Gasteiger partial charge < -0.3 is 9.72 Å². The molecule has 1 aromatic heterocycles. The number of imidazole rings is 1. The maximum absolute atomic E-state index is 12.4. The van der Waals surface area contributed by atoms with E-state index in [4.69, 9.17) is 4.74 Å². The molecule has 2 aliphatic rings. The monoisotopic (exact) mass is 402 g/mol. The summed E-state index contributed by atoms with van der Waals surface area (Å²) < 4.78 is 29.0. The van der Waals surface area contributed by atoms with Crippen molar-refractivity contribution >= 4 is 15.6 Å². The van der Waals surface area contributed by atoms with Crippen LogP contribution in [0.15, 0.2) is 35.4 Å². The van der Waals surface area contributed by atoms with Crippen molar-refractivity contribution in [2.75, 3.05) is 19.5 Å². The molecule has 1 saturated carbocycles. The SMILES string of the molecule is CS(=O)(=O)c1ccc(C(CC2CCOCC2)c2ncc(C(=O)C3CC3)[nH]2)cc1. The highest BCUT2D eigenvalue weighted by Crippen LogP contribution is 2.35. The summed E-state index contributed by atoms with van der Waals surface area (Å²) in [5.41, 5.74) is 1.60. The molecule has 2 fully saturated rings. The Labute approximate surface area is 165 Å². The summed E-state index contributed by atoms with van der Waals surface area (Å²) in [6, 6.07) is 7.04. The van der Waals surface area contributed by atoms with Gasteiger partial charge in [0.2, 0.25) is 0 Å². The Kier molecular flexibility index (Phi) is 5.38. The van der Waals surface area contributed by atoms with Crippen LogP contribution in [0.4, 0.5) is 0 Å². The minimum atomic E-state index is -3.23. The van der Waals surface area contributed by atoms with E-state index in [1.165, 1.54) is 6.26 Å². The number of ketones is 1. The normalized spacial score (nSPS) is 19.5. The molecular formula is C21H26N2O4S. The van der Waals surface area contributed by atoms with Gasteiger partial charge in [0, 0.05) is 31.3 Å². The number of H-pyrrole nitrogens is 1. The predicted molar refractivity (Wildman–Crippen MR) is 105 cm³/mol. The van der Waals surface area contributed by atoms with Gasteiger partial charge in [0.05, 0.1) is 11.1 Å². The molecule has 1 unspecified atom stereocenters. The van der Waals surface area contributed by atoms with Crippen LogP contribution >= 0.6 is 0 Å². The summed E-state index contributed by atoms with van der Waals surface area (Å²) in [6.07, 6.45) is 7.70. The molecule has 0 amide bonds. The third-order valence-corrected chi connectivity index (χ3v) is 6.89. The summed E-state index contributed by atoms with van der Waals surface area (Å²) in [7, 11) is -3.23. The summed E-state index contributed by atoms with van der Waals surface area (Å²) in [6.45, 7) is 1.54. The lowest BCUT2D eigenvalue weighted by Gasteiger charge is -2.26. The number of aromatic amines is 1. The predicted octanol–water partition coefficient (Wildman–Crippen LogP) is 3.35. The third-order valence-electron chi connectivity index (χ3n) is 5.76. The molecule has 6 nitrogen and oxygen atoms in total. The van der Waals surface area contributed by atoms with Crippen molar-refractivity contribution in [3.8, 4) is 0 Å². The van der Waals surface area contributed by atoms with E-state index in [1.807, 2.05) is 12.1 Å². The van der Waals surface area contributed by atoms with Gasteiger partial charge in [-0.1, -0.05) is 12.1 Å². The zero-order valence-electron chi connectivity index (χ0n) is 16.1. The Hall–Kier alpha value is -1.99. The van der Waals surface area contributed by atoms with Crippen molar-refractivity contribution in [1.29, 1.82) is 0 Å². The standard InChI is InChI=1S/C21H26N2O4S/c1-28(25,26)17-6-4-15(5-7-17)18(12-14-8-10-27-11-9-14)21-22-13-19(23-21)20(24)16-2-3-16/h4-7,13-14,16,18H,2-3,8-12H2,1H3,(H,22,23). The lowest BCUT2D eigenvalue weighted by Crippen LogP contribution is -2.19. The van der Waals surface area contributed by atoms with Gasteiger partial charge in [0.25, 0.3) is 0 Å². The first kappa shape index (κ1) is 19.3. The molecule has 1 N–H and O–H groups in total. The highest BCUT2D eigenvalue weighted by molar-refractivity contribution is 7.90. The fraction of sp³-hybridized carbons (Fsp3) is 0.524. The second-order valence-electron chi connectivity index (χ2n) is 8.01. The van der Waals surface area contributed by atoms with E-state index < -0.39 is 9.84 Å². The summed E-state index contributed by atoms with van der Waals surface area (Å²) in [4.78, 5) is 20.5. The number of aromatic nitrogens is 2. The molecule has 0 bridgehead atoms. The first-order chi connectivity index (χ1) is 13.4. The van der Waals surface area contributed by atoms with E-state index in [2.05, 4.69) is 9.97 Å². The fourth-order valence-electron chi connectivity index (χ4n) is 3.87. The van der Waals surface area contributed by atoms with Gasteiger partial charge in [-0.2, -0.15) is 0 Å². The number of hydrogen-bond donors (Lipinski definition) is 1. The number of benzene rings is 1. The van der Waals surface area contributed by atoms with Gasteiger partial charge >= 0.3 is 0 Å². The van der Waals surface area contributed by atoms with Crippen molar-refractivity contribution in [2.24, 2.45) is 11.8 Å². The Bertz CT molecular complexity index is 939. The maximum Gasteiger partial charge on any atom is 0.183 e. The van der Waals surface area contributed by atoms with Crippen LogP contribution in [0.2, 0.25) is 0 Å². The van der Waals surface area contributed by atoms with Gasteiger partial charge in [-0.3, -0.25) is 4.79 Å². The van der Waals surface area contributed by atoms with Gasteiger partial charge in [-0.05, 0) is 55.7 Å². The molecule has 150 valence electrons. The Morgan fingerprint density at radius 2 is 1.86 bits per heavy atom. The Balaban J connectivity index is 1.62. The molecule has 7 heteroatoms. The van der Waals surface area contributed by atoms with Crippen LogP contribution in [0.1, 0.15) is 59.9 Å². The van der Waals surface area contributed by atoms with Crippen molar-refractivity contribution in [3.05, 3.63) is 47.5 Å². The van der Waals surface area contributed by atoms with E-state index in [0.29, 0.717) is 16.5 Å². The number of nitrogens with zero attached hydrogens (tertiary/aromatic N) is 1. The van der Waals surface area contributed by atoms with Crippen LogP contribution < -0.4 is 0 Å². The zero-order chi connectivity index (χ0) is 19.7. The molecule has 2 aromatic rings. The van der Waals surface area contributed by atoms with Gasteiger partial charge in [0.1, 0.15) is 11.5 Å². The molecule has 1 aromatic carbocycles. The number of nitrogens with one attached hydrogen (secondary N) is 1. The van der Waals surface area contributed by atoms with E-state index in [0.717, 1.165) is 56.7 Å². The molecule has 0 spiro atoms. The molecule has 1 atom stereocenters. The minimum absolute atomic E-state index is 0.00235. The summed E-state index contributed by atoms with van der Waals surface area (Å²) in [5, 5.41) is 0. The number of ether oxygens (including phenoxy) is 1. The van der Waals surface area contributed by atoms with Crippen LogP contribution in [0.25, 0.3) is 0 Å². The molecule has 2 heterocycles. The van der Waals surface area contributed by atoms with E-state index in [9.17, 15) is 13.2 Å². The third kappa shape index (κ3) is 4.36. The zero-order valence-corrected chi connectivity index (χ0v) is 16.9. The topological polar surface area (TPSA) is 89.1 Å². The molecular weight excluding hydrogens is 376 g/mol. The Morgan fingerprint density at radius 1 is 1.18 bits per heavy atom. The smallest absolute Gasteiger partial charge is 0.183 e. The highest BCUT2D eigenvalue weighted by atomic mass is 32.2. The van der Waals surface area contributed by atoms with Crippen LogP contribution in [0.5, 0.6) is 0 Å². The molecule has 1 aliphatic carbocycles. The van der Waals surface area contributed by atoms with E-state index in [-0.39, 0.29) is 17.6 Å². The maximum atomic E-state index is 12.4. The fourth-order valence-corrected chi connectivity index (χ4v) is 4.50. The number of rotatable bonds is 7.